The van der Waals surface area contributed by atoms with Gasteiger partial charge in [-0.3, -0.25) is 9.59 Å². The average molecular weight is 407 g/mol. The SMILES string of the molecule is Cc1ccc(N2CC(C(=O)Nc3cc(-c4csnn4)ccc3C)CC2=O)c(C)c1. The van der Waals surface area contributed by atoms with Gasteiger partial charge in [0.2, 0.25) is 11.8 Å². The number of anilines is 2. The van der Waals surface area contributed by atoms with Gasteiger partial charge in [0.05, 0.1) is 5.92 Å². The zero-order valence-electron chi connectivity index (χ0n) is 16.6. The molecule has 29 heavy (non-hydrogen) atoms. The maximum absolute atomic E-state index is 12.9. The predicted octanol–water partition coefficient (Wildman–Crippen LogP) is 4.12. The monoisotopic (exact) mass is 406 g/mol. The van der Waals surface area contributed by atoms with Crippen LogP contribution in [-0.4, -0.2) is 27.9 Å². The number of hydrogen-bond donors (Lipinski definition) is 1. The van der Waals surface area contributed by atoms with Crippen molar-refractivity contribution in [2.24, 2.45) is 5.92 Å². The second-order valence-electron chi connectivity index (χ2n) is 7.50. The van der Waals surface area contributed by atoms with E-state index in [2.05, 4.69) is 21.0 Å². The van der Waals surface area contributed by atoms with Gasteiger partial charge in [0, 0.05) is 35.3 Å². The minimum Gasteiger partial charge on any atom is -0.326 e. The molecule has 0 aliphatic carbocycles. The topological polar surface area (TPSA) is 75.2 Å². The Balaban J connectivity index is 1.51. The van der Waals surface area contributed by atoms with Crippen molar-refractivity contribution in [3.63, 3.8) is 0 Å². The number of carbonyl (C=O) groups is 2. The largest absolute Gasteiger partial charge is 0.326 e. The van der Waals surface area contributed by atoms with E-state index in [9.17, 15) is 9.59 Å². The van der Waals surface area contributed by atoms with E-state index in [-0.39, 0.29) is 24.2 Å². The number of nitrogens with zero attached hydrogens (tertiary/aromatic N) is 3. The number of amides is 2. The highest BCUT2D eigenvalue weighted by molar-refractivity contribution is 7.03. The molecule has 148 valence electrons. The summed E-state index contributed by atoms with van der Waals surface area (Å²) in [5, 5.41) is 8.96. The molecule has 2 aromatic carbocycles. The third kappa shape index (κ3) is 3.91. The van der Waals surface area contributed by atoms with Crippen molar-refractivity contribution < 1.29 is 9.59 Å². The van der Waals surface area contributed by atoms with Crippen molar-refractivity contribution in [1.29, 1.82) is 0 Å². The van der Waals surface area contributed by atoms with E-state index in [1.807, 2.05) is 56.5 Å². The number of nitrogens with one attached hydrogen (secondary N) is 1. The normalized spacial score (nSPS) is 16.3. The summed E-state index contributed by atoms with van der Waals surface area (Å²) in [5.74, 6) is -0.536. The number of aryl methyl sites for hydroxylation is 3. The van der Waals surface area contributed by atoms with Gasteiger partial charge in [-0.15, -0.1) is 5.10 Å². The minimum absolute atomic E-state index is 0.0175. The molecule has 0 bridgehead atoms. The maximum Gasteiger partial charge on any atom is 0.229 e. The second kappa shape index (κ2) is 7.75. The summed E-state index contributed by atoms with van der Waals surface area (Å²) >= 11 is 1.29. The molecule has 7 heteroatoms. The van der Waals surface area contributed by atoms with Crippen LogP contribution < -0.4 is 10.2 Å². The Morgan fingerprint density at radius 3 is 2.69 bits per heavy atom. The number of benzene rings is 2. The summed E-state index contributed by atoms with van der Waals surface area (Å²) in [5.41, 5.74) is 6.45. The molecule has 2 amide bonds. The lowest BCUT2D eigenvalue weighted by Crippen LogP contribution is -2.28. The van der Waals surface area contributed by atoms with Crippen LogP contribution >= 0.6 is 11.5 Å². The van der Waals surface area contributed by atoms with E-state index in [0.29, 0.717) is 6.54 Å². The summed E-state index contributed by atoms with van der Waals surface area (Å²) in [6.07, 6.45) is 0.216. The summed E-state index contributed by atoms with van der Waals surface area (Å²) < 4.78 is 3.89. The van der Waals surface area contributed by atoms with E-state index in [1.54, 1.807) is 4.90 Å². The summed E-state index contributed by atoms with van der Waals surface area (Å²) in [6, 6.07) is 11.8. The Morgan fingerprint density at radius 1 is 1.14 bits per heavy atom. The minimum atomic E-state index is -0.382. The lowest BCUT2D eigenvalue weighted by atomic mass is 10.1. The molecule has 1 saturated heterocycles. The van der Waals surface area contributed by atoms with Crippen LogP contribution in [0.5, 0.6) is 0 Å². The first-order valence-electron chi connectivity index (χ1n) is 9.49. The highest BCUT2D eigenvalue weighted by atomic mass is 32.1. The van der Waals surface area contributed by atoms with Gasteiger partial charge in [0.1, 0.15) is 5.69 Å². The first-order valence-corrected chi connectivity index (χ1v) is 10.3. The molecule has 0 saturated carbocycles. The van der Waals surface area contributed by atoms with Crippen LogP contribution in [0.2, 0.25) is 0 Å². The van der Waals surface area contributed by atoms with E-state index in [1.165, 1.54) is 11.5 Å². The van der Waals surface area contributed by atoms with Crippen LogP contribution in [0.1, 0.15) is 23.1 Å². The van der Waals surface area contributed by atoms with E-state index in [4.69, 9.17) is 0 Å². The van der Waals surface area contributed by atoms with Crippen LogP contribution in [0.25, 0.3) is 11.3 Å². The second-order valence-corrected chi connectivity index (χ2v) is 8.11. The van der Waals surface area contributed by atoms with Gasteiger partial charge in [-0.25, -0.2) is 0 Å². The molecule has 1 N–H and O–H groups in total. The Morgan fingerprint density at radius 2 is 1.97 bits per heavy atom. The molecule has 1 atom stereocenters. The van der Waals surface area contributed by atoms with Gasteiger partial charge < -0.3 is 10.2 Å². The van der Waals surface area contributed by atoms with Gasteiger partial charge in [-0.2, -0.15) is 0 Å². The predicted molar refractivity (Wildman–Crippen MR) is 115 cm³/mol. The van der Waals surface area contributed by atoms with Crippen LogP contribution in [0.4, 0.5) is 11.4 Å². The van der Waals surface area contributed by atoms with Gasteiger partial charge in [-0.1, -0.05) is 34.3 Å². The summed E-state index contributed by atoms with van der Waals surface area (Å²) in [7, 11) is 0. The highest BCUT2D eigenvalue weighted by Crippen LogP contribution is 2.30. The van der Waals surface area contributed by atoms with Gasteiger partial charge in [0.25, 0.3) is 0 Å². The van der Waals surface area contributed by atoms with Crippen molar-refractivity contribution in [3.8, 4) is 11.3 Å². The molecule has 0 spiro atoms. The van der Waals surface area contributed by atoms with Gasteiger partial charge in [-0.05, 0) is 55.6 Å². The Hall–Kier alpha value is -3.06. The van der Waals surface area contributed by atoms with E-state index < -0.39 is 0 Å². The Labute approximate surface area is 173 Å². The van der Waals surface area contributed by atoms with E-state index in [0.717, 1.165) is 39.3 Å². The standard InChI is InChI=1S/C22H22N4O2S/c1-13-4-7-20(15(3)8-13)26-11-17(10-21(26)27)22(28)23-18-9-16(6-5-14(18)2)19-12-29-25-24-19/h4-9,12,17H,10-11H2,1-3H3,(H,23,28). The molecular weight excluding hydrogens is 384 g/mol. The fraction of sp³-hybridized carbons (Fsp3) is 0.273. The number of rotatable bonds is 4. The lowest BCUT2D eigenvalue weighted by molar-refractivity contribution is -0.122. The number of carbonyl (C=O) groups excluding carboxylic acids is 2. The fourth-order valence-corrected chi connectivity index (χ4v) is 4.13. The average Bonchev–Trinajstić information content (AvgIpc) is 3.34. The molecule has 1 aliphatic rings. The molecule has 3 aromatic rings. The quantitative estimate of drug-likeness (QED) is 0.707. The highest BCUT2D eigenvalue weighted by Gasteiger charge is 2.35. The molecule has 1 aliphatic heterocycles. The van der Waals surface area contributed by atoms with Crippen molar-refractivity contribution in [2.45, 2.75) is 27.2 Å². The summed E-state index contributed by atoms with van der Waals surface area (Å²) in [4.78, 5) is 27.2. The Bertz CT molecular complexity index is 1080. The first-order chi connectivity index (χ1) is 13.9. The number of hydrogen-bond acceptors (Lipinski definition) is 5. The van der Waals surface area contributed by atoms with Gasteiger partial charge >= 0.3 is 0 Å². The van der Waals surface area contributed by atoms with Crippen LogP contribution in [0, 0.1) is 26.7 Å². The lowest BCUT2D eigenvalue weighted by Gasteiger charge is -2.19. The first kappa shape index (κ1) is 19.3. The summed E-state index contributed by atoms with van der Waals surface area (Å²) in [6.45, 7) is 6.35. The number of aromatic nitrogens is 2. The van der Waals surface area contributed by atoms with Crippen LogP contribution in [-0.2, 0) is 9.59 Å². The molecule has 1 fully saturated rings. The molecule has 1 aromatic heterocycles. The maximum atomic E-state index is 12.9. The van der Waals surface area contributed by atoms with Crippen molar-refractivity contribution >= 4 is 34.7 Å². The van der Waals surface area contributed by atoms with E-state index >= 15 is 0 Å². The third-order valence-corrected chi connectivity index (χ3v) is 5.79. The zero-order valence-corrected chi connectivity index (χ0v) is 17.4. The zero-order chi connectivity index (χ0) is 20.5. The van der Waals surface area contributed by atoms with Crippen molar-refractivity contribution in [3.05, 3.63) is 58.5 Å². The van der Waals surface area contributed by atoms with Crippen LogP contribution in [0.15, 0.2) is 41.8 Å². The third-order valence-electron chi connectivity index (χ3n) is 5.29. The molecular formula is C22H22N4O2S. The van der Waals surface area contributed by atoms with Crippen LogP contribution in [0.3, 0.4) is 0 Å². The van der Waals surface area contributed by atoms with Crippen molar-refractivity contribution in [2.75, 3.05) is 16.8 Å². The smallest absolute Gasteiger partial charge is 0.229 e. The molecule has 1 unspecified atom stereocenters. The van der Waals surface area contributed by atoms with Crippen molar-refractivity contribution in [1.82, 2.24) is 9.59 Å². The molecule has 6 nitrogen and oxygen atoms in total. The molecule has 0 radical (unpaired) electrons. The molecule has 2 heterocycles. The van der Waals surface area contributed by atoms with Gasteiger partial charge in [0.15, 0.2) is 0 Å². The Kier molecular flexibility index (Phi) is 5.15. The molecule has 4 rings (SSSR count). The fourth-order valence-electron chi connectivity index (χ4n) is 3.67.